The van der Waals surface area contributed by atoms with E-state index in [1.54, 1.807) is 0 Å². The van der Waals surface area contributed by atoms with Crippen LogP contribution in [0.15, 0.2) is 18.3 Å². The van der Waals surface area contributed by atoms with Crippen LogP contribution in [0.25, 0.3) is 0 Å². The van der Waals surface area contributed by atoms with Crippen molar-refractivity contribution in [1.29, 1.82) is 0 Å². The molecule has 1 atom stereocenters. The Hall–Kier alpha value is -1.09. The van der Waals surface area contributed by atoms with E-state index in [1.807, 2.05) is 12.3 Å². The fourth-order valence-corrected chi connectivity index (χ4v) is 2.00. The van der Waals surface area contributed by atoms with E-state index in [-0.39, 0.29) is 0 Å². The smallest absolute Gasteiger partial charge is 0.126 e. The van der Waals surface area contributed by atoms with Crippen LogP contribution in [0.5, 0.6) is 0 Å². The van der Waals surface area contributed by atoms with Crippen LogP contribution in [0.4, 0.5) is 5.82 Å². The number of pyridine rings is 1. The van der Waals surface area contributed by atoms with E-state index < -0.39 is 0 Å². The molecule has 1 fully saturated rings. The minimum atomic E-state index is 0.849. The van der Waals surface area contributed by atoms with Crippen LogP contribution < -0.4 is 10.6 Å². The molecule has 0 spiro atoms. The molecule has 0 bridgehead atoms. The first-order chi connectivity index (χ1) is 7.34. The van der Waals surface area contributed by atoms with E-state index in [4.69, 9.17) is 0 Å². The first-order valence-electron chi connectivity index (χ1n) is 5.72. The highest BCUT2D eigenvalue weighted by atomic mass is 15.0. The zero-order valence-electron chi connectivity index (χ0n) is 9.29. The minimum absolute atomic E-state index is 0.849. The standard InChI is InChI=1S/C12H19N3/c1-10-2-6-14-12(8-10)15-7-4-11-3-5-13-9-11/h2,6,8,11,13H,3-5,7,9H2,1H3,(H,14,15). The molecule has 1 aliphatic rings. The summed E-state index contributed by atoms with van der Waals surface area (Å²) in [5.41, 5.74) is 1.26. The number of hydrogen-bond donors (Lipinski definition) is 2. The first kappa shape index (κ1) is 10.4. The van der Waals surface area contributed by atoms with Gasteiger partial charge in [-0.25, -0.2) is 4.98 Å². The molecule has 1 saturated heterocycles. The molecule has 1 unspecified atom stereocenters. The molecule has 2 heterocycles. The normalized spacial score (nSPS) is 20.5. The van der Waals surface area contributed by atoms with Crippen LogP contribution in [0, 0.1) is 12.8 Å². The van der Waals surface area contributed by atoms with E-state index in [2.05, 4.69) is 28.6 Å². The Kier molecular flexibility index (Phi) is 3.56. The van der Waals surface area contributed by atoms with Gasteiger partial charge in [0.15, 0.2) is 0 Å². The quantitative estimate of drug-likeness (QED) is 0.787. The minimum Gasteiger partial charge on any atom is -0.370 e. The zero-order valence-corrected chi connectivity index (χ0v) is 9.29. The predicted octanol–water partition coefficient (Wildman–Crippen LogP) is 1.80. The van der Waals surface area contributed by atoms with Gasteiger partial charge in [0.25, 0.3) is 0 Å². The topological polar surface area (TPSA) is 37.0 Å². The Labute approximate surface area is 91.3 Å². The maximum atomic E-state index is 4.28. The summed E-state index contributed by atoms with van der Waals surface area (Å²) in [7, 11) is 0. The molecule has 2 rings (SSSR count). The molecule has 0 aromatic carbocycles. The van der Waals surface area contributed by atoms with E-state index in [0.717, 1.165) is 18.3 Å². The van der Waals surface area contributed by atoms with Gasteiger partial charge in [-0.3, -0.25) is 0 Å². The second kappa shape index (κ2) is 5.12. The number of nitrogens with one attached hydrogen (secondary N) is 2. The molecule has 2 N–H and O–H groups in total. The van der Waals surface area contributed by atoms with Crippen molar-refractivity contribution in [2.45, 2.75) is 19.8 Å². The van der Waals surface area contributed by atoms with Crippen molar-refractivity contribution in [1.82, 2.24) is 10.3 Å². The molecule has 1 aromatic rings. The molecular weight excluding hydrogens is 186 g/mol. The molecule has 1 aromatic heterocycles. The third-order valence-electron chi connectivity index (χ3n) is 2.94. The van der Waals surface area contributed by atoms with Gasteiger partial charge in [0.05, 0.1) is 0 Å². The predicted molar refractivity (Wildman–Crippen MR) is 63.1 cm³/mol. The van der Waals surface area contributed by atoms with Gasteiger partial charge in [0.1, 0.15) is 5.82 Å². The highest BCUT2D eigenvalue weighted by molar-refractivity contribution is 5.36. The molecule has 0 amide bonds. The Morgan fingerprint density at radius 1 is 1.60 bits per heavy atom. The van der Waals surface area contributed by atoms with E-state index in [9.17, 15) is 0 Å². The van der Waals surface area contributed by atoms with Crippen molar-refractivity contribution in [3.8, 4) is 0 Å². The molecule has 3 nitrogen and oxygen atoms in total. The molecule has 82 valence electrons. The molecular formula is C12H19N3. The van der Waals surface area contributed by atoms with Crippen molar-refractivity contribution in [3.05, 3.63) is 23.9 Å². The van der Waals surface area contributed by atoms with Crippen LogP contribution in [-0.2, 0) is 0 Å². The van der Waals surface area contributed by atoms with E-state index >= 15 is 0 Å². The molecule has 1 aliphatic heterocycles. The zero-order chi connectivity index (χ0) is 10.5. The summed E-state index contributed by atoms with van der Waals surface area (Å²) in [6.07, 6.45) is 4.42. The Balaban J connectivity index is 1.73. The number of aromatic nitrogens is 1. The third-order valence-corrected chi connectivity index (χ3v) is 2.94. The maximum Gasteiger partial charge on any atom is 0.126 e. The summed E-state index contributed by atoms with van der Waals surface area (Å²) in [6.45, 7) is 5.49. The van der Waals surface area contributed by atoms with Crippen molar-refractivity contribution in [3.63, 3.8) is 0 Å². The number of rotatable bonds is 4. The summed E-state index contributed by atoms with van der Waals surface area (Å²) in [5, 5.41) is 6.76. The van der Waals surface area contributed by atoms with Crippen molar-refractivity contribution in [2.24, 2.45) is 5.92 Å². The van der Waals surface area contributed by atoms with Crippen LogP contribution in [-0.4, -0.2) is 24.6 Å². The maximum absolute atomic E-state index is 4.28. The fourth-order valence-electron chi connectivity index (χ4n) is 2.00. The first-order valence-corrected chi connectivity index (χ1v) is 5.72. The second-order valence-electron chi connectivity index (χ2n) is 4.29. The number of hydrogen-bond acceptors (Lipinski definition) is 3. The Bertz CT molecular complexity index is 305. The lowest BCUT2D eigenvalue weighted by molar-refractivity contribution is 0.549. The average Bonchev–Trinajstić information content (AvgIpc) is 2.71. The Morgan fingerprint density at radius 3 is 3.27 bits per heavy atom. The lowest BCUT2D eigenvalue weighted by Crippen LogP contribution is -2.13. The highest BCUT2D eigenvalue weighted by Gasteiger charge is 2.13. The van der Waals surface area contributed by atoms with E-state index in [1.165, 1.54) is 31.5 Å². The van der Waals surface area contributed by atoms with Crippen molar-refractivity contribution < 1.29 is 0 Å². The van der Waals surface area contributed by atoms with E-state index in [0.29, 0.717) is 0 Å². The molecule has 3 heteroatoms. The second-order valence-corrected chi connectivity index (χ2v) is 4.29. The average molecular weight is 205 g/mol. The van der Waals surface area contributed by atoms with Crippen LogP contribution in [0.2, 0.25) is 0 Å². The van der Waals surface area contributed by atoms with Gasteiger partial charge >= 0.3 is 0 Å². The summed E-state index contributed by atoms with van der Waals surface area (Å²) in [6, 6.07) is 4.11. The third kappa shape index (κ3) is 3.20. The van der Waals surface area contributed by atoms with Crippen LogP contribution in [0.3, 0.4) is 0 Å². The van der Waals surface area contributed by atoms with Crippen LogP contribution in [0.1, 0.15) is 18.4 Å². The molecule has 0 aliphatic carbocycles. The largest absolute Gasteiger partial charge is 0.370 e. The summed E-state index contributed by atoms with van der Waals surface area (Å²) in [4.78, 5) is 4.28. The number of aryl methyl sites for hydroxylation is 1. The molecule has 0 saturated carbocycles. The SMILES string of the molecule is Cc1ccnc(NCCC2CCNC2)c1. The summed E-state index contributed by atoms with van der Waals surface area (Å²) in [5.74, 6) is 1.85. The highest BCUT2D eigenvalue weighted by Crippen LogP contribution is 2.12. The fraction of sp³-hybridized carbons (Fsp3) is 0.583. The van der Waals surface area contributed by atoms with Gasteiger partial charge in [-0.1, -0.05) is 0 Å². The molecule has 15 heavy (non-hydrogen) atoms. The number of anilines is 1. The van der Waals surface area contributed by atoms with Gasteiger partial charge in [-0.2, -0.15) is 0 Å². The van der Waals surface area contributed by atoms with Gasteiger partial charge in [0.2, 0.25) is 0 Å². The van der Waals surface area contributed by atoms with Gasteiger partial charge in [-0.05, 0) is 56.5 Å². The monoisotopic (exact) mass is 205 g/mol. The van der Waals surface area contributed by atoms with Crippen LogP contribution >= 0.6 is 0 Å². The lowest BCUT2D eigenvalue weighted by atomic mass is 10.1. The van der Waals surface area contributed by atoms with Gasteiger partial charge < -0.3 is 10.6 Å². The van der Waals surface area contributed by atoms with Gasteiger partial charge in [-0.15, -0.1) is 0 Å². The summed E-state index contributed by atoms with van der Waals surface area (Å²) < 4.78 is 0. The molecule has 0 radical (unpaired) electrons. The summed E-state index contributed by atoms with van der Waals surface area (Å²) >= 11 is 0. The van der Waals surface area contributed by atoms with Crippen molar-refractivity contribution in [2.75, 3.05) is 25.0 Å². The van der Waals surface area contributed by atoms with Crippen molar-refractivity contribution >= 4 is 5.82 Å². The lowest BCUT2D eigenvalue weighted by Gasteiger charge is -2.09. The van der Waals surface area contributed by atoms with Gasteiger partial charge in [0, 0.05) is 12.7 Å². The Morgan fingerprint density at radius 2 is 2.53 bits per heavy atom. The number of nitrogens with zero attached hydrogens (tertiary/aromatic N) is 1.